The van der Waals surface area contributed by atoms with Crippen molar-refractivity contribution in [2.75, 3.05) is 12.0 Å². The Balaban J connectivity index is 1.04. The summed E-state index contributed by atoms with van der Waals surface area (Å²) in [4.78, 5) is 27.2. The van der Waals surface area contributed by atoms with Gasteiger partial charge in [0.2, 0.25) is 0 Å². The minimum atomic E-state index is -0.347. The first-order valence-electron chi connectivity index (χ1n) is 19.7. The number of hydrogen-bond acceptors (Lipinski definition) is 5. The van der Waals surface area contributed by atoms with Crippen LogP contribution in [0.1, 0.15) is 75.6 Å². The number of ketones is 1. The number of esters is 1. The highest BCUT2D eigenvalue weighted by atomic mass is 16.5. The van der Waals surface area contributed by atoms with E-state index >= 15 is 0 Å². The number of nitrogens with zero attached hydrogens (tertiary/aromatic N) is 1. The number of methoxy groups -OCH3 is 1. The van der Waals surface area contributed by atoms with Crippen molar-refractivity contribution in [1.82, 2.24) is 0 Å². The van der Waals surface area contributed by atoms with Crippen LogP contribution in [0.4, 0.5) is 17.1 Å². The third-order valence-electron chi connectivity index (χ3n) is 10.5. The summed E-state index contributed by atoms with van der Waals surface area (Å²) in [7, 11) is 1.68. The Morgan fingerprint density at radius 1 is 0.508 bits per heavy atom. The minimum absolute atomic E-state index is 0.0307. The quantitative estimate of drug-likeness (QED) is 0.0505. The average molecular weight is 774 g/mol. The molecular formula is C54H47NO4. The number of benzene rings is 7. The smallest absolute Gasteiger partial charge is 0.308 e. The van der Waals surface area contributed by atoms with Crippen LogP contribution in [0, 0.1) is 6.92 Å². The Labute approximate surface area is 347 Å². The molecule has 0 fully saturated rings. The van der Waals surface area contributed by atoms with E-state index in [1.54, 1.807) is 19.2 Å². The van der Waals surface area contributed by atoms with Crippen molar-refractivity contribution in [3.63, 3.8) is 0 Å². The van der Waals surface area contributed by atoms with E-state index in [9.17, 15) is 9.59 Å². The van der Waals surface area contributed by atoms with Crippen molar-refractivity contribution in [2.45, 2.75) is 33.1 Å². The Morgan fingerprint density at radius 3 is 1.51 bits per heavy atom. The lowest BCUT2D eigenvalue weighted by Gasteiger charge is -2.26. The Kier molecular flexibility index (Phi) is 12.1. The first-order chi connectivity index (χ1) is 28.5. The van der Waals surface area contributed by atoms with Crippen LogP contribution in [0.25, 0.3) is 24.3 Å². The van der Waals surface area contributed by atoms with Crippen molar-refractivity contribution in [1.29, 1.82) is 0 Å². The first kappa shape index (κ1) is 40.0. The van der Waals surface area contributed by atoms with E-state index in [-0.39, 0.29) is 17.2 Å². The van der Waals surface area contributed by atoms with Gasteiger partial charge in [-0.1, -0.05) is 147 Å². The summed E-state index contributed by atoms with van der Waals surface area (Å²) in [5.74, 6) is 0.974. The van der Waals surface area contributed by atoms with Crippen molar-refractivity contribution < 1.29 is 19.1 Å². The Bertz CT molecular complexity index is 2600. The molecule has 0 saturated carbocycles. The predicted molar refractivity (Wildman–Crippen MR) is 243 cm³/mol. The third kappa shape index (κ3) is 9.84. The van der Waals surface area contributed by atoms with Gasteiger partial charge in [-0.15, -0.1) is 0 Å². The summed E-state index contributed by atoms with van der Waals surface area (Å²) in [5, 5.41) is 0. The molecule has 0 amide bonds. The lowest BCUT2D eigenvalue weighted by Crippen LogP contribution is -2.19. The SMILES string of the molecule is COc1cccc(/C=C/c2ccc(N(c3ccc(C)cc3)c3ccc(/C=C/c4cccc(C(=O)c5ccc(C(C)(C)c6ccc(OC(C)=O)cc6)cc5)c4)cc3)cc2)c1. The van der Waals surface area contributed by atoms with E-state index in [4.69, 9.17) is 9.47 Å². The molecule has 0 aliphatic rings. The normalized spacial score (nSPS) is 11.5. The number of carbonyl (C=O) groups excluding carboxylic acids is 2. The van der Waals surface area contributed by atoms with E-state index in [2.05, 4.69) is 123 Å². The molecule has 0 aliphatic carbocycles. The number of aryl methyl sites for hydroxylation is 1. The van der Waals surface area contributed by atoms with Crippen LogP contribution in [-0.4, -0.2) is 18.9 Å². The second-order valence-electron chi connectivity index (χ2n) is 15.1. The summed E-state index contributed by atoms with van der Waals surface area (Å²) >= 11 is 0. The van der Waals surface area contributed by atoms with E-state index in [0.717, 1.165) is 56.2 Å². The summed E-state index contributed by atoms with van der Waals surface area (Å²) in [6.45, 7) is 7.76. The van der Waals surface area contributed by atoms with Crippen molar-refractivity contribution in [3.05, 3.63) is 220 Å². The fraction of sp³-hybridized carbons (Fsp3) is 0.111. The first-order valence-corrected chi connectivity index (χ1v) is 19.7. The summed E-state index contributed by atoms with van der Waals surface area (Å²) in [6.07, 6.45) is 8.32. The zero-order valence-electron chi connectivity index (χ0n) is 34.1. The standard InChI is InChI=1S/C54H47NO4/c1-38-12-28-48(29-13-38)55(50-32-20-41(21-33-50)15-17-43-9-7-11-52(37-43)58-5)49-30-18-40(19-31-49)14-16-42-8-6-10-45(36-42)53(57)44-22-24-46(25-23-44)54(3,4)47-26-34-51(35-27-47)59-39(2)56/h6-37H,1-5H3/b16-14+,17-15+. The van der Waals surface area contributed by atoms with Crippen LogP contribution in [0.15, 0.2) is 170 Å². The van der Waals surface area contributed by atoms with Crippen molar-refractivity contribution in [3.8, 4) is 11.5 Å². The van der Waals surface area contributed by atoms with E-state index in [1.165, 1.54) is 12.5 Å². The molecule has 0 radical (unpaired) electrons. The van der Waals surface area contributed by atoms with E-state index in [0.29, 0.717) is 16.9 Å². The second-order valence-corrected chi connectivity index (χ2v) is 15.1. The molecule has 7 aromatic carbocycles. The number of anilines is 3. The van der Waals surface area contributed by atoms with Crippen LogP contribution in [0.3, 0.4) is 0 Å². The van der Waals surface area contributed by atoms with E-state index in [1.807, 2.05) is 84.9 Å². The number of carbonyl (C=O) groups is 2. The molecule has 0 atom stereocenters. The van der Waals surface area contributed by atoms with Crippen LogP contribution < -0.4 is 14.4 Å². The Hall–Kier alpha value is -7.24. The molecule has 0 aromatic heterocycles. The molecule has 0 N–H and O–H groups in total. The van der Waals surface area contributed by atoms with Crippen molar-refractivity contribution in [2.24, 2.45) is 0 Å². The van der Waals surface area contributed by atoms with Gasteiger partial charge in [-0.3, -0.25) is 9.59 Å². The van der Waals surface area contributed by atoms with Gasteiger partial charge in [0, 0.05) is 40.5 Å². The molecular weight excluding hydrogens is 727 g/mol. The van der Waals surface area contributed by atoms with Gasteiger partial charge in [0.05, 0.1) is 7.11 Å². The number of ether oxygens (including phenoxy) is 2. The molecule has 5 heteroatoms. The molecule has 0 saturated heterocycles. The van der Waals surface area contributed by atoms with Gasteiger partial charge >= 0.3 is 5.97 Å². The van der Waals surface area contributed by atoms with Gasteiger partial charge in [0.15, 0.2) is 5.78 Å². The highest BCUT2D eigenvalue weighted by Gasteiger charge is 2.24. The predicted octanol–water partition coefficient (Wildman–Crippen LogP) is 13.3. The maximum atomic E-state index is 13.6. The van der Waals surface area contributed by atoms with Gasteiger partial charge in [-0.25, -0.2) is 0 Å². The summed E-state index contributed by atoms with van der Waals surface area (Å²) in [6, 6.07) is 56.7. The monoisotopic (exact) mass is 773 g/mol. The maximum absolute atomic E-state index is 13.6. The molecule has 0 spiro atoms. The maximum Gasteiger partial charge on any atom is 0.308 e. The molecule has 59 heavy (non-hydrogen) atoms. The molecule has 0 bridgehead atoms. The summed E-state index contributed by atoms with van der Waals surface area (Å²) in [5.41, 5.74) is 11.6. The fourth-order valence-electron chi connectivity index (χ4n) is 7.00. The minimum Gasteiger partial charge on any atom is -0.497 e. The third-order valence-corrected chi connectivity index (χ3v) is 10.5. The molecule has 0 heterocycles. The molecule has 292 valence electrons. The van der Waals surface area contributed by atoms with Crippen LogP contribution in [0.5, 0.6) is 11.5 Å². The summed E-state index contributed by atoms with van der Waals surface area (Å²) < 4.78 is 10.6. The largest absolute Gasteiger partial charge is 0.497 e. The van der Waals surface area contributed by atoms with Crippen molar-refractivity contribution >= 4 is 53.1 Å². The number of rotatable bonds is 13. The molecule has 7 aromatic rings. The lowest BCUT2D eigenvalue weighted by atomic mass is 9.78. The number of hydrogen-bond donors (Lipinski definition) is 0. The van der Waals surface area contributed by atoms with Gasteiger partial charge in [-0.05, 0) is 107 Å². The molecule has 0 aliphatic heterocycles. The lowest BCUT2D eigenvalue weighted by molar-refractivity contribution is -0.131. The zero-order valence-corrected chi connectivity index (χ0v) is 34.1. The van der Waals surface area contributed by atoms with Crippen LogP contribution in [0.2, 0.25) is 0 Å². The van der Waals surface area contributed by atoms with Gasteiger partial charge in [0.1, 0.15) is 11.5 Å². The molecule has 5 nitrogen and oxygen atoms in total. The topological polar surface area (TPSA) is 55.8 Å². The van der Waals surface area contributed by atoms with Gasteiger partial charge in [-0.2, -0.15) is 0 Å². The zero-order chi connectivity index (χ0) is 41.4. The van der Waals surface area contributed by atoms with Gasteiger partial charge < -0.3 is 14.4 Å². The average Bonchev–Trinajstić information content (AvgIpc) is 3.26. The highest BCUT2D eigenvalue weighted by Crippen LogP contribution is 2.36. The van der Waals surface area contributed by atoms with E-state index < -0.39 is 0 Å². The molecule has 0 unspecified atom stereocenters. The second kappa shape index (κ2) is 17.9. The van der Waals surface area contributed by atoms with Crippen LogP contribution >= 0.6 is 0 Å². The molecule has 7 rings (SSSR count). The fourth-order valence-corrected chi connectivity index (χ4v) is 7.00. The highest BCUT2D eigenvalue weighted by molar-refractivity contribution is 6.09. The van der Waals surface area contributed by atoms with Crippen LogP contribution in [-0.2, 0) is 10.2 Å². The van der Waals surface area contributed by atoms with Gasteiger partial charge in [0.25, 0.3) is 0 Å². The Morgan fingerprint density at radius 2 is 0.983 bits per heavy atom.